The third-order valence-corrected chi connectivity index (χ3v) is 28.9. The molecule has 0 amide bonds. The van der Waals surface area contributed by atoms with Gasteiger partial charge >= 0.3 is 5.97 Å². The van der Waals surface area contributed by atoms with Gasteiger partial charge in [-0.3, -0.25) is 9.59 Å². The number of aldehydes is 1. The highest BCUT2D eigenvalue weighted by molar-refractivity contribution is 6.73. The quantitative estimate of drug-likeness (QED) is 0.0679. The summed E-state index contributed by atoms with van der Waals surface area (Å²) in [6.45, 7) is 38.4. The molecule has 5 aliphatic carbocycles. The highest BCUT2D eigenvalue weighted by atomic mass is 28.4. The Bertz CT molecular complexity index is 2090. The molecule has 3 saturated heterocycles. The van der Waals surface area contributed by atoms with Gasteiger partial charge < -0.3 is 47.5 Å². The molecule has 0 aromatic rings. The van der Waals surface area contributed by atoms with E-state index in [2.05, 4.69) is 110 Å². The summed E-state index contributed by atoms with van der Waals surface area (Å²) in [6, 6.07) is 2.95. The summed E-state index contributed by atoms with van der Waals surface area (Å²) >= 11 is 0. The fraction of sp³-hybridized carbons (Fsp3) is 0.919. The summed E-state index contributed by atoms with van der Waals surface area (Å²) in [5, 5.41) is 11.2. The van der Waals surface area contributed by atoms with Crippen LogP contribution in [0.2, 0.25) is 18.1 Å². The Labute approximate surface area is 454 Å². The van der Waals surface area contributed by atoms with Crippen molar-refractivity contribution in [2.75, 3.05) is 13.7 Å². The van der Waals surface area contributed by atoms with Gasteiger partial charge in [-0.2, -0.15) is 0 Å². The van der Waals surface area contributed by atoms with Crippen LogP contribution in [0.5, 0.6) is 0 Å². The number of hydrogen-bond acceptors (Lipinski definition) is 11. The largest absolute Gasteiger partial charge is 0.481 e. The summed E-state index contributed by atoms with van der Waals surface area (Å²) in [5.41, 5.74) is -1.22. The van der Waals surface area contributed by atoms with Crippen molar-refractivity contribution in [3.05, 3.63) is 11.6 Å². The van der Waals surface area contributed by atoms with E-state index in [0.717, 1.165) is 63.1 Å². The maximum atomic E-state index is 14.3. The molecular weight excluding hydrogens is 965 g/mol. The molecule has 24 atom stereocenters. The molecule has 7 fully saturated rings. The molecule has 0 spiro atoms. The molecule has 75 heavy (non-hydrogen) atoms. The number of aliphatic carboxylic acids is 1. The lowest BCUT2D eigenvalue weighted by Gasteiger charge is -2.71. The molecule has 3 aliphatic heterocycles. The lowest BCUT2D eigenvalue weighted by Crippen LogP contribution is -2.68. The van der Waals surface area contributed by atoms with Gasteiger partial charge in [0.15, 0.2) is 33.0 Å². The number of fused-ring (bicyclic) bond motifs is 7. The van der Waals surface area contributed by atoms with Gasteiger partial charge in [0.25, 0.3) is 0 Å². The topological polar surface area (TPSA) is 145 Å². The molecule has 1 N–H and O–H groups in total. The number of carbonyl (C=O) groups excluding carboxylic acids is 2. The highest BCUT2D eigenvalue weighted by Gasteiger charge is 2.72. The average molecular weight is 1070 g/mol. The van der Waals surface area contributed by atoms with Gasteiger partial charge in [-0.15, -0.1) is 0 Å². The average Bonchev–Trinajstić information content (AvgIpc) is 3.37. The lowest BCUT2D eigenvalue weighted by atomic mass is 9.33. The van der Waals surface area contributed by atoms with Crippen molar-refractivity contribution in [2.45, 2.75) is 262 Å². The molecule has 8 aliphatic rings. The maximum Gasteiger partial charge on any atom is 0.312 e. The molecule has 8 rings (SSSR count). The van der Waals surface area contributed by atoms with E-state index in [0.29, 0.717) is 37.7 Å². The van der Waals surface area contributed by atoms with Gasteiger partial charge in [0.05, 0.1) is 42.5 Å². The fourth-order valence-electron chi connectivity index (χ4n) is 18.2. The first-order valence-electron chi connectivity index (χ1n) is 30.2. The first-order chi connectivity index (χ1) is 35.2. The highest BCUT2D eigenvalue weighted by Crippen LogP contribution is 2.76. The number of carbonyl (C=O) groups is 3. The van der Waals surface area contributed by atoms with Crippen molar-refractivity contribution in [3.8, 4) is 0 Å². The maximum absolute atomic E-state index is 14.3. The Morgan fingerprint density at radius 1 is 0.733 bits per heavy atom. The third kappa shape index (κ3) is 9.61. The van der Waals surface area contributed by atoms with Crippen LogP contribution in [0.4, 0.5) is 0 Å². The fourth-order valence-corrected chi connectivity index (χ4v) is 21.1. The number of Topliss-reactive ketones (excluding diaryl/α,β-unsaturated/α-hetero) is 1. The van der Waals surface area contributed by atoms with Gasteiger partial charge in [-0.25, -0.2) is 0 Å². The van der Waals surface area contributed by atoms with Crippen LogP contribution in [-0.4, -0.2) is 107 Å². The van der Waals surface area contributed by atoms with Crippen LogP contribution in [0.25, 0.3) is 0 Å². The van der Waals surface area contributed by atoms with Crippen molar-refractivity contribution in [3.63, 3.8) is 0 Å². The summed E-state index contributed by atoms with van der Waals surface area (Å²) < 4.78 is 56.7. The Morgan fingerprint density at radius 3 is 1.99 bits per heavy atom. The number of allylic oxidation sites excluding steroid dienone is 2. The molecule has 4 saturated carbocycles. The predicted molar refractivity (Wildman–Crippen MR) is 293 cm³/mol. The molecule has 13 heteroatoms. The predicted octanol–water partition coefficient (Wildman–Crippen LogP) is 12.8. The van der Waals surface area contributed by atoms with Crippen molar-refractivity contribution in [1.82, 2.24) is 0 Å². The van der Waals surface area contributed by atoms with E-state index in [4.69, 9.17) is 37.6 Å². The van der Waals surface area contributed by atoms with E-state index < -0.39 is 80.4 Å². The second kappa shape index (κ2) is 21.7. The van der Waals surface area contributed by atoms with Crippen LogP contribution in [0, 0.1) is 85.8 Å². The number of carboxylic acids is 1. The molecule has 0 radical (unpaired) electrons. The molecule has 0 bridgehead atoms. The van der Waals surface area contributed by atoms with Gasteiger partial charge in [0.2, 0.25) is 0 Å². The van der Waals surface area contributed by atoms with Gasteiger partial charge in [0, 0.05) is 18.9 Å². The van der Waals surface area contributed by atoms with Crippen LogP contribution in [-0.2, 0) is 52.0 Å². The number of ketones is 1. The minimum absolute atomic E-state index is 0.0209. The molecule has 12 nitrogen and oxygen atoms in total. The number of methoxy groups -OCH3 is 1. The van der Waals surface area contributed by atoms with Crippen molar-refractivity contribution in [2.24, 2.45) is 85.8 Å². The zero-order valence-corrected chi connectivity index (χ0v) is 51.0. The zero-order chi connectivity index (χ0) is 55.2. The lowest BCUT2D eigenvalue weighted by molar-refractivity contribution is -0.376. The summed E-state index contributed by atoms with van der Waals surface area (Å²) in [7, 11) is -0.458. The monoisotopic (exact) mass is 1070 g/mol. The second-order valence-corrected chi connectivity index (χ2v) is 32.8. The van der Waals surface area contributed by atoms with E-state index in [9.17, 15) is 19.5 Å². The van der Waals surface area contributed by atoms with Crippen LogP contribution < -0.4 is 0 Å². The van der Waals surface area contributed by atoms with Crippen LogP contribution in [0.3, 0.4) is 0 Å². The second-order valence-electron chi connectivity index (χ2n) is 28.1. The van der Waals surface area contributed by atoms with Gasteiger partial charge in [0.1, 0.15) is 23.9 Å². The SMILES string of the molecule is CCC1O[C@@H](OC2[C@H](O[C@H]3CCC4(C)C5CC=C6C7CC(C)(C)CC[C@]7(C(=O)O)[C@@H](OC)C[C@@]6(C)C5(C)CC[C@H]4[C@@]3(C)C=O)OC(C(C)=O)[C@@H](C)[C@@H]2O[C@@H]2OC[C@@H](C)[C@@H](C)C2C)C(O[Si](CC)(CC)CC)[C@@H](C)[C@H]1C. The van der Waals surface area contributed by atoms with Crippen molar-refractivity contribution in [1.29, 1.82) is 0 Å². The van der Waals surface area contributed by atoms with Gasteiger partial charge in [-0.05, 0) is 152 Å². The van der Waals surface area contributed by atoms with Crippen LogP contribution >= 0.6 is 0 Å². The molecule has 3 heterocycles. The Hall–Kier alpha value is -1.55. The Kier molecular flexibility index (Phi) is 17.3. The van der Waals surface area contributed by atoms with E-state index in [1.54, 1.807) is 14.0 Å². The minimum Gasteiger partial charge on any atom is -0.481 e. The Morgan fingerprint density at radius 2 is 1.39 bits per heavy atom. The zero-order valence-electron chi connectivity index (χ0n) is 50.0. The van der Waals surface area contributed by atoms with Gasteiger partial charge in [-0.1, -0.05) is 122 Å². The van der Waals surface area contributed by atoms with E-state index in [-0.39, 0.29) is 75.2 Å². The summed E-state index contributed by atoms with van der Waals surface area (Å²) in [5.74, 6) is -0.0434. The van der Waals surface area contributed by atoms with Crippen LogP contribution in [0.15, 0.2) is 11.6 Å². The summed E-state index contributed by atoms with van der Waals surface area (Å²) in [6.07, 6.45) is 5.25. The molecule has 0 aromatic carbocycles. The molecular formula is C62H104O12Si. The number of rotatable bonds is 16. The van der Waals surface area contributed by atoms with Crippen molar-refractivity contribution >= 4 is 26.4 Å². The smallest absolute Gasteiger partial charge is 0.312 e. The number of hydrogen-bond donors (Lipinski definition) is 1. The molecule has 0 aromatic heterocycles. The minimum atomic E-state index is -2.18. The third-order valence-electron chi connectivity index (χ3n) is 24.3. The van der Waals surface area contributed by atoms with E-state index in [1.165, 1.54) is 11.9 Å². The van der Waals surface area contributed by atoms with Crippen molar-refractivity contribution < 1.29 is 57.1 Å². The normalized spacial score (nSPS) is 49.8. The van der Waals surface area contributed by atoms with E-state index in [1.807, 2.05) is 6.92 Å². The summed E-state index contributed by atoms with van der Waals surface area (Å²) in [4.78, 5) is 41.8. The van der Waals surface area contributed by atoms with Crippen LogP contribution in [0.1, 0.15) is 182 Å². The molecule has 9 unspecified atom stereocenters. The molecule has 428 valence electrons. The first kappa shape index (κ1) is 59.6. The standard InChI is InChI=1S/C62H104O12Si/c1-19-44-37(7)38(8)51(74-75(20-2,21-3)22-4)54(69-44)73-52-50(72-53-39(9)36(6)35(5)33-68-53)40(10)49(41(11)64)71-55(52)70-47-26-27-58(14)45(59(47,15)34-63)25-28-60(16)46(58)24-23-42-43-31-57(12,13)29-30-62(43,56(65)66)48(67-18)32-61(42,60)17/h23,34-40,43-55H,19-22,24-33H2,1-18H3,(H,65,66)/t35-,36-,37-,38+,39?,40-,43?,44?,45-,46?,47+,48+,49?,50+,51?,52?,53+,54+,55-,58?,59-,60?,61-,62-/m1/s1. The van der Waals surface area contributed by atoms with E-state index >= 15 is 0 Å². The first-order valence-corrected chi connectivity index (χ1v) is 32.7. The number of carboxylic acid groups (broad SMARTS) is 1. The Balaban J connectivity index is 1.16. The number of ether oxygens (including phenoxy) is 7.